The number of hydrogen-bond acceptors (Lipinski definition) is 2. The van der Waals surface area contributed by atoms with Crippen molar-refractivity contribution in [3.8, 4) is 0 Å². The van der Waals surface area contributed by atoms with E-state index < -0.39 is 0 Å². The first-order valence-electron chi connectivity index (χ1n) is 7.51. The van der Waals surface area contributed by atoms with E-state index >= 15 is 0 Å². The van der Waals surface area contributed by atoms with Crippen molar-refractivity contribution in [2.45, 2.75) is 44.2 Å². The third-order valence-electron chi connectivity index (χ3n) is 4.10. The van der Waals surface area contributed by atoms with Gasteiger partial charge in [0.1, 0.15) is 5.82 Å². The predicted molar refractivity (Wildman–Crippen MR) is 75.9 cm³/mol. The Kier molecular flexibility index (Phi) is 4.01. The lowest BCUT2D eigenvalue weighted by Gasteiger charge is -2.33. The van der Waals surface area contributed by atoms with Crippen LogP contribution in [0, 0.1) is 5.82 Å². The zero-order chi connectivity index (χ0) is 13.9. The van der Waals surface area contributed by atoms with Gasteiger partial charge in [-0.05, 0) is 49.8 Å². The molecule has 1 aliphatic carbocycles. The first-order chi connectivity index (χ1) is 9.72. The Balaban J connectivity index is 1.54. The van der Waals surface area contributed by atoms with E-state index in [0.29, 0.717) is 12.6 Å². The van der Waals surface area contributed by atoms with E-state index in [9.17, 15) is 9.18 Å². The highest BCUT2D eigenvalue weighted by atomic mass is 19.1. The van der Waals surface area contributed by atoms with E-state index in [4.69, 9.17) is 0 Å². The summed E-state index contributed by atoms with van der Waals surface area (Å²) in [6.45, 7) is 1.52. The summed E-state index contributed by atoms with van der Waals surface area (Å²) in [4.78, 5) is 14.3. The molecule has 1 heterocycles. The number of piperidine rings is 1. The number of likely N-dealkylation sites (tertiary alicyclic amines) is 1. The number of carbonyl (C=O) groups excluding carboxylic acids is 1. The lowest BCUT2D eigenvalue weighted by molar-refractivity contribution is -0.136. The van der Waals surface area contributed by atoms with E-state index in [2.05, 4.69) is 5.32 Å². The Morgan fingerprint density at radius 1 is 1.30 bits per heavy atom. The van der Waals surface area contributed by atoms with Crippen LogP contribution in [0.2, 0.25) is 0 Å². The summed E-state index contributed by atoms with van der Waals surface area (Å²) in [6, 6.07) is 7.20. The highest BCUT2D eigenvalue weighted by Gasteiger charge is 2.32. The van der Waals surface area contributed by atoms with Crippen LogP contribution in [0.1, 0.15) is 31.2 Å². The highest BCUT2D eigenvalue weighted by molar-refractivity contribution is 5.82. The van der Waals surface area contributed by atoms with Crippen molar-refractivity contribution in [1.29, 1.82) is 0 Å². The van der Waals surface area contributed by atoms with E-state index in [0.717, 1.165) is 31.4 Å². The van der Waals surface area contributed by atoms with Gasteiger partial charge in [0.05, 0.1) is 6.04 Å². The quantitative estimate of drug-likeness (QED) is 0.893. The summed E-state index contributed by atoms with van der Waals surface area (Å²) >= 11 is 0. The Labute approximate surface area is 119 Å². The molecule has 1 aromatic rings. The molecule has 0 bridgehead atoms. The highest BCUT2D eigenvalue weighted by Crippen LogP contribution is 2.22. The second kappa shape index (κ2) is 5.92. The molecule has 0 radical (unpaired) electrons. The van der Waals surface area contributed by atoms with Crippen LogP contribution in [0.25, 0.3) is 0 Å². The third-order valence-corrected chi connectivity index (χ3v) is 4.10. The normalized spacial score (nSPS) is 23.1. The van der Waals surface area contributed by atoms with E-state index in [1.807, 2.05) is 11.0 Å². The molecular formula is C16H21FN2O. The number of amides is 1. The number of hydrogen-bond donors (Lipinski definition) is 1. The number of benzene rings is 1. The molecule has 2 fully saturated rings. The van der Waals surface area contributed by atoms with Crippen molar-refractivity contribution in [2.24, 2.45) is 0 Å². The minimum absolute atomic E-state index is 0.00348. The molecule has 1 aliphatic heterocycles. The molecule has 1 amide bonds. The molecule has 1 atom stereocenters. The Hall–Kier alpha value is -1.42. The first-order valence-corrected chi connectivity index (χ1v) is 7.51. The zero-order valence-electron chi connectivity index (χ0n) is 11.6. The summed E-state index contributed by atoms with van der Waals surface area (Å²) in [7, 11) is 0. The molecule has 3 nitrogen and oxygen atoms in total. The van der Waals surface area contributed by atoms with Gasteiger partial charge in [0.25, 0.3) is 0 Å². The Morgan fingerprint density at radius 2 is 2.15 bits per heavy atom. The maximum atomic E-state index is 13.1. The molecule has 3 rings (SSSR count). The molecule has 2 aliphatic rings. The second-order valence-electron chi connectivity index (χ2n) is 5.84. The average Bonchev–Trinajstić information content (AvgIpc) is 3.24. The van der Waals surface area contributed by atoms with Crippen molar-refractivity contribution in [2.75, 3.05) is 13.1 Å². The smallest absolute Gasteiger partial charge is 0.239 e. The standard InChI is InChI=1S/C16H21FN2O/c17-13-4-1-3-12(11-13)8-10-19-9-2-5-15(16(19)20)18-14-6-7-14/h1,3-4,11,14-15,18H,2,5-10H2. The van der Waals surface area contributed by atoms with Gasteiger partial charge in [-0.25, -0.2) is 4.39 Å². The van der Waals surface area contributed by atoms with Crippen molar-refractivity contribution in [3.05, 3.63) is 35.6 Å². The topological polar surface area (TPSA) is 32.3 Å². The van der Waals surface area contributed by atoms with Gasteiger partial charge in [0.2, 0.25) is 5.91 Å². The molecule has 0 aromatic heterocycles. The summed E-state index contributed by atoms with van der Waals surface area (Å²) < 4.78 is 13.1. The van der Waals surface area contributed by atoms with Crippen LogP contribution in [-0.4, -0.2) is 36.0 Å². The fourth-order valence-electron chi connectivity index (χ4n) is 2.81. The van der Waals surface area contributed by atoms with Crippen molar-refractivity contribution >= 4 is 5.91 Å². The molecule has 4 heteroatoms. The lowest BCUT2D eigenvalue weighted by atomic mass is 10.0. The summed E-state index contributed by atoms with van der Waals surface area (Å²) in [5.41, 5.74) is 0.954. The lowest BCUT2D eigenvalue weighted by Crippen LogP contribution is -2.51. The largest absolute Gasteiger partial charge is 0.341 e. The summed E-state index contributed by atoms with van der Waals surface area (Å²) in [5.74, 6) is 0.0142. The SMILES string of the molecule is O=C1C(NC2CC2)CCCN1CCc1cccc(F)c1. The number of rotatable bonds is 5. The maximum Gasteiger partial charge on any atom is 0.239 e. The van der Waals surface area contributed by atoms with Gasteiger partial charge in [-0.3, -0.25) is 4.79 Å². The van der Waals surface area contributed by atoms with E-state index in [1.165, 1.54) is 18.9 Å². The minimum Gasteiger partial charge on any atom is -0.341 e. The van der Waals surface area contributed by atoms with Gasteiger partial charge in [-0.2, -0.15) is 0 Å². The average molecular weight is 276 g/mol. The molecule has 0 spiro atoms. The monoisotopic (exact) mass is 276 g/mol. The number of halogens is 1. The molecule has 1 N–H and O–H groups in total. The van der Waals surface area contributed by atoms with Gasteiger partial charge in [0.15, 0.2) is 0 Å². The van der Waals surface area contributed by atoms with E-state index in [-0.39, 0.29) is 17.8 Å². The molecule has 1 unspecified atom stereocenters. The van der Waals surface area contributed by atoms with Gasteiger partial charge < -0.3 is 10.2 Å². The zero-order valence-corrected chi connectivity index (χ0v) is 11.6. The first kappa shape index (κ1) is 13.6. The molecule has 1 saturated heterocycles. The number of carbonyl (C=O) groups is 1. The molecule has 1 saturated carbocycles. The summed E-state index contributed by atoms with van der Waals surface area (Å²) in [5, 5.41) is 3.43. The molecular weight excluding hydrogens is 255 g/mol. The van der Waals surface area contributed by atoms with Gasteiger partial charge in [-0.1, -0.05) is 12.1 Å². The fraction of sp³-hybridized carbons (Fsp3) is 0.562. The molecule has 1 aromatic carbocycles. The van der Waals surface area contributed by atoms with Crippen molar-refractivity contribution in [3.63, 3.8) is 0 Å². The Bertz CT molecular complexity index is 487. The fourth-order valence-corrected chi connectivity index (χ4v) is 2.81. The van der Waals surface area contributed by atoms with E-state index in [1.54, 1.807) is 12.1 Å². The van der Waals surface area contributed by atoms with Gasteiger partial charge >= 0.3 is 0 Å². The summed E-state index contributed by atoms with van der Waals surface area (Å²) in [6.07, 6.45) is 5.13. The Morgan fingerprint density at radius 3 is 2.90 bits per heavy atom. The maximum absolute atomic E-state index is 13.1. The van der Waals surface area contributed by atoms with Gasteiger partial charge in [-0.15, -0.1) is 0 Å². The number of nitrogens with one attached hydrogen (secondary N) is 1. The minimum atomic E-state index is -0.208. The van der Waals surface area contributed by atoms with Crippen molar-refractivity contribution in [1.82, 2.24) is 10.2 Å². The molecule has 108 valence electrons. The van der Waals surface area contributed by atoms with Crippen LogP contribution >= 0.6 is 0 Å². The van der Waals surface area contributed by atoms with Gasteiger partial charge in [0, 0.05) is 19.1 Å². The van der Waals surface area contributed by atoms with Crippen LogP contribution in [-0.2, 0) is 11.2 Å². The molecule has 20 heavy (non-hydrogen) atoms. The van der Waals surface area contributed by atoms with Crippen LogP contribution in [0.15, 0.2) is 24.3 Å². The van der Waals surface area contributed by atoms with Crippen LogP contribution in [0.4, 0.5) is 4.39 Å². The number of nitrogens with zero attached hydrogens (tertiary/aromatic N) is 1. The van der Waals surface area contributed by atoms with Crippen LogP contribution in [0.3, 0.4) is 0 Å². The van der Waals surface area contributed by atoms with Crippen LogP contribution in [0.5, 0.6) is 0 Å². The second-order valence-corrected chi connectivity index (χ2v) is 5.84. The van der Waals surface area contributed by atoms with Crippen LogP contribution < -0.4 is 5.32 Å². The predicted octanol–water partition coefficient (Wildman–Crippen LogP) is 2.11. The third kappa shape index (κ3) is 3.37. The van der Waals surface area contributed by atoms with Crippen molar-refractivity contribution < 1.29 is 9.18 Å².